The van der Waals surface area contributed by atoms with Crippen molar-refractivity contribution in [1.82, 2.24) is 5.32 Å². The molecule has 0 aromatic heterocycles. The number of aliphatic hydroxyl groups excluding tert-OH is 5. The molecular formula is C12H27NO9Si. The van der Waals surface area contributed by atoms with E-state index in [1.807, 2.05) is 0 Å². The molecule has 10 nitrogen and oxygen atoms in total. The molecule has 0 fully saturated rings. The highest BCUT2D eigenvalue weighted by atomic mass is 28.4. The standard InChI is InChI=1S/C12H27NO9Si/c1-20-23(21-2,22-3)6-4-5-13-12(19)11(18)10(17)9(16)8(15)7-14/h8-11,14-18H,4-7H2,1-3H3,(H,13,19)/t8-,9-,10+,11-/m1/s1. The Morgan fingerprint density at radius 3 is 2.00 bits per heavy atom. The molecule has 4 atom stereocenters. The molecule has 6 N–H and O–H groups in total. The van der Waals surface area contributed by atoms with Crippen LogP contribution in [-0.2, 0) is 18.1 Å². The molecule has 0 saturated carbocycles. The van der Waals surface area contributed by atoms with E-state index in [1.54, 1.807) is 0 Å². The first-order chi connectivity index (χ1) is 10.8. The van der Waals surface area contributed by atoms with Gasteiger partial charge in [0.1, 0.15) is 18.3 Å². The first-order valence-electron chi connectivity index (χ1n) is 7.04. The van der Waals surface area contributed by atoms with Crippen LogP contribution in [0.3, 0.4) is 0 Å². The smallest absolute Gasteiger partial charge is 0.394 e. The fourth-order valence-corrected chi connectivity index (χ4v) is 3.58. The second-order valence-corrected chi connectivity index (χ2v) is 7.96. The molecule has 0 unspecified atom stereocenters. The van der Waals surface area contributed by atoms with Gasteiger partial charge in [0.05, 0.1) is 6.61 Å². The van der Waals surface area contributed by atoms with E-state index in [4.69, 9.17) is 18.4 Å². The van der Waals surface area contributed by atoms with E-state index in [9.17, 15) is 25.2 Å². The van der Waals surface area contributed by atoms with Crippen molar-refractivity contribution in [3.63, 3.8) is 0 Å². The van der Waals surface area contributed by atoms with Crippen LogP contribution in [0.15, 0.2) is 0 Å². The quantitative estimate of drug-likeness (QED) is 0.156. The second kappa shape index (κ2) is 11.0. The Morgan fingerprint density at radius 2 is 1.57 bits per heavy atom. The Labute approximate surface area is 136 Å². The van der Waals surface area contributed by atoms with Crippen LogP contribution in [0.1, 0.15) is 6.42 Å². The minimum Gasteiger partial charge on any atom is -0.394 e. The van der Waals surface area contributed by atoms with Crippen molar-refractivity contribution in [1.29, 1.82) is 0 Å². The summed E-state index contributed by atoms with van der Waals surface area (Å²) in [6.45, 7) is -0.656. The topological polar surface area (TPSA) is 158 Å². The predicted molar refractivity (Wildman–Crippen MR) is 80.3 cm³/mol. The first-order valence-corrected chi connectivity index (χ1v) is 8.98. The minimum atomic E-state index is -2.74. The van der Waals surface area contributed by atoms with Crippen molar-refractivity contribution >= 4 is 14.7 Å². The third kappa shape index (κ3) is 6.79. The van der Waals surface area contributed by atoms with Crippen LogP contribution in [0.2, 0.25) is 6.04 Å². The van der Waals surface area contributed by atoms with Crippen molar-refractivity contribution < 1.29 is 43.6 Å². The van der Waals surface area contributed by atoms with Crippen LogP contribution in [0, 0.1) is 0 Å². The number of nitrogens with one attached hydrogen (secondary N) is 1. The Morgan fingerprint density at radius 1 is 1.04 bits per heavy atom. The lowest BCUT2D eigenvalue weighted by Gasteiger charge is -2.25. The molecular weight excluding hydrogens is 330 g/mol. The molecule has 0 aliphatic heterocycles. The molecule has 0 spiro atoms. The molecule has 0 heterocycles. The molecule has 0 aromatic carbocycles. The van der Waals surface area contributed by atoms with Crippen LogP contribution in [0.25, 0.3) is 0 Å². The Balaban J connectivity index is 4.29. The third-order valence-corrected chi connectivity index (χ3v) is 6.25. The van der Waals surface area contributed by atoms with Crippen molar-refractivity contribution in [3.8, 4) is 0 Å². The van der Waals surface area contributed by atoms with Crippen LogP contribution in [-0.4, -0.2) is 99.1 Å². The van der Waals surface area contributed by atoms with Gasteiger partial charge in [-0.15, -0.1) is 0 Å². The monoisotopic (exact) mass is 357 g/mol. The molecule has 0 aromatic rings. The van der Waals surface area contributed by atoms with E-state index in [-0.39, 0.29) is 6.54 Å². The summed E-state index contributed by atoms with van der Waals surface area (Å²) in [4.78, 5) is 11.7. The van der Waals surface area contributed by atoms with Crippen LogP contribution < -0.4 is 5.32 Å². The minimum absolute atomic E-state index is 0.159. The molecule has 0 aliphatic carbocycles. The lowest BCUT2D eigenvalue weighted by Crippen LogP contribution is -2.52. The van der Waals surface area contributed by atoms with Gasteiger partial charge < -0.3 is 44.1 Å². The number of hydrogen-bond donors (Lipinski definition) is 6. The summed E-state index contributed by atoms with van der Waals surface area (Å²) in [5, 5.41) is 48.8. The molecule has 11 heteroatoms. The highest BCUT2D eigenvalue weighted by molar-refractivity contribution is 6.60. The predicted octanol–water partition coefficient (Wildman–Crippen LogP) is -3.19. The van der Waals surface area contributed by atoms with Crippen LogP contribution >= 0.6 is 0 Å². The largest absolute Gasteiger partial charge is 0.500 e. The van der Waals surface area contributed by atoms with Crippen LogP contribution in [0.5, 0.6) is 0 Å². The summed E-state index contributed by atoms with van der Waals surface area (Å²) in [7, 11) is 1.65. The normalized spacial score (nSPS) is 17.4. The molecule has 0 bridgehead atoms. The van der Waals surface area contributed by atoms with Gasteiger partial charge in [0.15, 0.2) is 6.10 Å². The van der Waals surface area contributed by atoms with E-state index in [2.05, 4.69) is 5.32 Å². The highest BCUT2D eigenvalue weighted by Gasteiger charge is 2.37. The average Bonchev–Trinajstić information content (AvgIpc) is 2.59. The number of aliphatic hydroxyl groups is 5. The Kier molecular flexibility index (Phi) is 10.7. The van der Waals surface area contributed by atoms with Gasteiger partial charge in [-0.05, 0) is 6.42 Å². The second-order valence-electron chi connectivity index (χ2n) is 4.87. The fourth-order valence-electron chi connectivity index (χ4n) is 1.85. The number of rotatable bonds is 12. The maximum atomic E-state index is 11.7. The maximum Gasteiger partial charge on any atom is 0.500 e. The molecule has 23 heavy (non-hydrogen) atoms. The summed E-state index contributed by atoms with van der Waals surface area (Å²) < 4.78 is 15.6. The highest BCUT2D eigenvalue weighted by Crippen LogP contribution is 2.14. The summed E-state index contributed by atoms with van der Waals surface area (Å²) in [5.41, 5.74) is 0. The van der Waals surface area contributed by atoms with E-state index in [0.717, 1.165) is 0 Å². The van der Waals surface area contributed by atoms with E-state index in [1.165, 1.54) is 21.3 Å². The number of amides is 1. The summed E-state index contributed by atoms with van der Waals surface area (Å²) in [6.07, 6.45) is -6.94. The summed E-state index contributed by atoms with van der Waals surface area (Å²) in [5.74, 6) is -0.916. The lowest BCUT2D eigenvalue weighted by atomic mass is 10.0. The summed E-state index contributed by atoms with van der Waals surface area (Å²) >= 11 is 0. The van der Waals surface area contributed by atoms with E-state index < -0.39 is 45.7 Å². The molecule has 0 aliphatic rings. The van der Waals surface area contributed by atoms with Gasteiger partial charge in [-0.25, -0.2) is 0 Å². The average molecular weight is 357 g/mol. The van der Waals surface area contributed by atoms with Crippen molar-refractivity contribution in [2.75, 3.05) is 34.5 Å². The van der Waals surface area contributed by atoms with Gasteiger partial charge in [0.2, 0.25) is 0 Å². The number of carbonyl (C=O) groups is 1. The lowest BCUT2D eigenvalue weighted by molar-refractivity contribution is -0.148. The van der Waals surface area contributed by atoms with Gasteiger partial charge >= 0.3 is 8.80 Å². The van der Waals surface area contributed by atoms with Gasteiger partial charge in [0, 0.05) is 33.9 Å². The zero-order chi connectivity index (χ0) is 18.0. The molecule has 1 amide bonds. The number of carbonyl (C=O) groups excluding carboxylic acids is 1. The molecule has 0 radical (unpaired) electrons. The zero-order valence-electron chi connectivity index (χ0n) is 13.5. The van der Waals surface area contributed by atoms with Crippen molar-refractivity contribution in [3.05, 3.63) is 0 Å². The van der Waals surface area contributed by atoms with E-state index in [0.29, 0.717) is 12.5 Å². The van der Waals surface area contributed by atoms with Crippen molar-refractivity contribution in [2.24, 2.45) is 0 Å². The Hall–Kier alpha value is -0.633. The molecule has 138 valence electrons. The fraction of sp³-hybridized carbons (Fsp3) is 0.917. The number of hydrogen-bond acceptors (Lipinski definition) is 9. The van der Waals surface area contributed by atoms with E-state index >= 15 is 0 Å². The Bertz CT molecular complexity index is 334. The van der Waals surface area contributed by atoms with Crippen LogP contribution in [0.4, 0.5) is 0 Å². The SMILES string of the molecule is CO[Si](CCCNC(=O)[C@H](O)[C@@H](O)[C@H](O)[C@H](O)CO)(OC)OC. The van der Waals surface area contributed by atoms with Crippen molar-refractivity contribution in [2.45, 2.75) is 36.9 Å². The molecule has 0 rings (SSSR count). The first kappa shape index (κ1) is 22.4. The van der Waals surface area contributed by atoms with Gasteiger partial charge in [-0.3, -0.25) is 4.79 Å². The van der Waals surface area contributed by atoms with Gasteiger partial charge in [0.25, 0.3) is 5.91 Å². The maximum absolute atomic E-state index is 11.7. The third-order valence-electron chi connectivity index (χ3n) is 3.42. The summed E-state index contributed by atoms with van der Waals surface area (Å²) in [6, 6.07) is 0.432. The van der Waals surface area contributed by atoms with Gasteiger partial charge in [-0.2, -0.15) is 0 Å². The van der Waals surface area contributed by atoms with Gasteiger partial charge in [-0.1, -0.05) is 0 Å². The molecule has 0 saturated heterocycles. The zero-order valence-corrected chi connectivity index (χ0v) is 14.5.